The zero-order chi connectivity index (χ0) is 7.02. The summed E-state index contributed by atoms with van der Waals surface area (Å²) in [6.07, 6.45) is 0. The van der Waals surface area contributed by atoms with Gasteiger partial charge in [0.25, 0.3) is 0 Å². The molecule has 0 radical (unpaired) electrons. The molecule has 0 aliphatic rings. The molecule has 0 aliphatic heterocycles. The molecule has 0 atom stereocenters. The van der Waals surface area contributed by atoms with Crippen LogP contribution in [0.3, 0.4) is 0 Å². The predicted molar refractivity (Wildman–Crippen MR) is 60.5 cm³/mol. The Morgan fingerprint density at radius 1 is 1.00 bits per heavy atom. The molecule has 1 nitrogen and oxygen atoms in total. The van der Waals surface area contributed by atoms with Crippen molar-refractivity contribution in [3.05, 3.63) is 22.5 Å². The molecule has 1 aromatic rings. The van der Waals surface area contributed by atoms with E-state index in [2.05, 4.69) is 32.7 Å². The number of rotatable bonds is 0. The van der Waals surface area contributed by atoms with Gasteiger partial charge in [-0.05, 0) is 0 Å². The smallest absolute Gasteiger partial charge is 0 e. The van der Waals surface area contributed by atoms with Crippen LogP contribution in [0.25, 0.3) is 0 Å². The molecular weight excluding hydrogens is 308 g/mol. The molecule has 0 saturated carbocycles. The maximum atomic E-state index is 4.31. The molecule has 0 amide bonds. The van der Waals surface area contributed by atoms with Crippen molar-refractivity contribution in [2.75, 3.05) is 0 Å². The topological polar surface area (TPSA) is 12.9 Å². The van der Waals surface area contributed by atoms with Crippen molar-refractivity contribution < 1.29 is 26.2 Å². The van der Waals surface area contributed by atoms with E-state index in [-0.39, 0.29) is 63.4 Å². The first-order valence-electron chi connectivity index (χ1n) is 3.20. The summed E-state index contributed by atoms with van der Waals surface area (Å²) in [6.45, 7) is 8.33. The molecule has 0 aromatic carbocycles. The van der Waals surface area contributed by atoms with Crippen LogP contribution in [0.15, 0.2) is 0 Å². The number of aromatic nitrogens is 1. The third-order valence-corrected chi connectivity index (χ3v) is 1.98. The minimum atomic E-state index is 0. The first-order chi connectivity index (χ1) is 4.13. The van der Waals surface area contributed by atoms with Gasteiger partial charge >= 0.3 is 0 Å². The van der Waals surface area contributed by atoms with Crippen LogP contribution in [0, 0.1) is 27.7 Å². The van der Waals surface area contributed by atoms with Crippen LogP contribution in [0.5, 0.6) is 0 Å². The van der Waals surface area contributed by atoms with Crippen LogP contribution < -0.4 is 0 Å². The molecular formula is C8H15Cl3NZr-. The maximum Gasteiger partial charge on any atom is 0 e. The van der Waals surface area contributed by atoms with Crippen LogP contribution in [-0.2, 0) is 26.2 Å². The summed E-state index contributed by atoms with van der Waals surface area (Å²) in [7, 11) is 0. The second-order valence-corrected chi connectivity index (χ2v) is 2.53. The van der Waals surface area contributed by atoms with E-state index in [4.69, 9.17) is 0 Å². The van der Waals surface area contributed by atoms with E-state index >= 15 is 0 Å². The Hall–Kier alpha value is 1.03. The number of hydrogen-bond acceptors (Lipinski definition) is 1. The molecule has 0 bridgehead atoms. The first-order valence-corrected chi connectivity index (χ1v) is 3.20. The predicted octanol–water partition coefficient (Wildman–Crippen LogP) is 3.30. The SMILES string of the molecule is Cc1n[c-](C)c(C)c1C.Cl.Cl.Cl.[Zr]. The number of hydrogen-bond donors (Lipinski definition) is 0. The van der Waals surface area contributed by atoms with Crippen molar-refractivity contribution in [3.63, 3.8) is 0 Å². The van der Waals surface area contributed by atoms with Crippen molar-refractivity contribution in [2.45, 2.75) is 27.7 Å². The van der Waals surface area contributed by atoms with Crippen LogP contribution in [-0.4, -0.2) is 4.98 Å². The molecule has 78 valence electrons. The zero-order valence-corrected chi connectivity index (χ0v) is 13.1. The second-order valence-electron chi connectivity index (χ2n) is 2.53. The van der Waals surface area contributed by atoms with E-state index < -0.39 is 0 Å². The summed E-state index contributed by atoms with van der Waals surface area (Å²) < 4.78 is 0. The third kappa shape index (κ3) is 5.47. The van der Waals surface area contributed by atoms with Crippen LogP contribution >= 0.6 is 37.2 Å². The van der Waals surface area contributed by atoms with E-state index in [1.54, 1.807) is 0 Å². The Labute approximate surface area is 118 Å². The van der Waals surface area contributed by atoms with Crippen molar-refractivity contribution in [1.29, 1.82) is 0 Å². The Balaban J connectivity index is -0.000000101. The summed E-state index contributed by atoms with van der Waals surface area (Å²) in [5.41, 5.74) is 5.02. The average Bonchev–Trinajstić information content (AvgIpc) is 1.98. The Morgan fingerprint density at radius 3 is 1.46 bits per heavy atom. The summed E-state index contributed by atoms with van der Waals surface area (Å²) in [5.74, 6) is 0. The van der Waals surface area contributed by atoms with Gasteiger partial charge in [-0.1, -0.05) is 33.4 Å². The van der Waals surface area contributed by atoms with Gasteiger partial charge in [0, 0.05) is 26.2 Å². The third-order valence-electron chi connectivity index (χ3n) is 1.98. The first kappa shape index (κ1) is 23.7. The second kappa shape index (κ2) is 9.58. The van der Waals surface area contributed by atoms with E-state index in [0.717, 1.165) is 0 Å². The molecule has 13 heavy (non-hydrogen) atoms. The summed E-state index contributed by atoms with van der Waals surface area (Å²) >= 11 is 0. The number of aryl methyl sites for hydroxylation is 2. The van der Waals surface area contributed by atoms with Crippen molar-refractivity contribution in [2.24, 2.45) is 0 Å². The minimum absolute atomic E-state index is 0. The normalized spacial score (nSPS) is 7.08. The van der Waals surface area contributed by atoms with E-state index in [0.29, 0.717) is 0 Å². The molecule has 1 heterocycles. The molecule has 0 spiro atoms. The standard InChI is InChI=1S/C8H12N.3ClH.Zr/c1-5-6(2)8(4)9-7(5)3;;;;/h1-4H3;3*1H;/q-1;;;;. The maximum absolute atomic E-state index is 4.31. The van der Waals surface area contributed by atoms with Crippen molar-refractivity contribution in [3.8, 4) is 0 Å². The van der Waals surface area contributed by atoms with Crippen LogP contribution in [0.2, 0.25) is 0 Å². The van der Waals surface area contributed by atoms with Gasteiger partial charge in [-0.2, -0.15) is 5.56 Å². The average molecular weight is 323 g/mol. The van der Waals surface area contributed by atoms with Gasteiger partial charge in [-0.15, -0.1) is 48.5 Å². The van der Waals surface area contributed by atoms with Gasteiger partial charge in [0.2, 0.25) is 0 Å². The van der Waals surface area contributed by atoms with Gasteiger partial charge in [-0.25, -0.2) is 0 Å². The van der Waals surface area contributed by atoms with Gasteiger partial charge in [-0.3, -0.25) is 0 Å². The fraction of sp³-hybridized carbons (Fsp3) is 0.500. The van der Waals surface area contributed by atoms with Gasteiger partial charge in [0.05, 0.1) is 0 Å². The van der Waals surface area contributed by atoms with E-state index in [9.17, 15) is 0 Å². The molecule has 5 heteroatoms. The van der Waals surface area contributed by atoms with Crippen LogP contribution in [0.1, 0.15) is 22.5 Å². The molecule has 0 saturated heterocycles. The Morgan fingerprint density at radius 2 is 1.38 bits per heavy atom. The minimum Gasteiger partial charge on any atom is -0.396 e. The largest absolute Gasteiger partial charge is 0.396 e. The molecule has 1 rings (SSSR count). The number of nitrogens with zero attached hydrogens (tertiary/aromatic N) is 1. The number of halogens is 3. The van der Waals surface area contributed by atoms with Gasteiger partial charge < -0.3 is 4.98 Å². The molecule has 0 unspecified atom stereocenters. The Kier molecular flexibility index (Phi) is 17.5. The summed E-state index contributed by atoms with van der Waals surface area (Å²) in [4.78, 5) is 4.31. The molecule has 0 N–H and O–H groups in total. The fourth-order valence-electron chi connectivity index (χ4n) is 0.962. The summed E-state index contributed by atoms with van der Waals surface area (Å²) in [5, 5.41) is 0. The molecule has 1 aromatic heterocycles. The van der Waals surface area contributed by atoms with E-state index in [1.165, 1.54) is 22.5 Å². The van der Waals surface area contributed by atoms with Crippen molar-refractivity contribution >= 4 is 37.2 Å². The zero-order valence-electron chi connectivity index (χ0n) is 8.17. The van der Waals surface area contributed by atoms with Gasteiger partial charge in [0.15, 0.2) is 0 Å². The molecule has 0 fully saturated rings. The monoisotopic (exact) mass is 320 g/mol. The fourth-order valence-corrected chi connectivity index (χ4v) is 0.962. The van der Waals surface area contributed by atoms with Gasteiger partial charge in [0.1, 0.15) is 0 Å². The quantitative estimate of drug-likeness (QED) is 0.668. The van der Waals surface area contributed by atoms with Crippen LogP contribution in [0.4, 0.5) is 0 Å². The molecule has 0 aliphatic carbocycles. The van der Waals surface area contributed by atoms with Crippen molar-refractivity contribution in [1.82, 2.24) is 4.98 Å². The Bertz CT molecular complexity index is 213. The van der Waals surface area contributed by atoms with E-state index in [1.807, 2.05) is 0 Å². The summed E-state index contributed by atoms with van der Waals surface area (Å²) in [6, 6.07) is 0.